The number of hydrogen-bond acceptors (Lipinski definition) is 5. The second-order valence-electron chi connectivity index (χ2n) is 6.27. The van der Waals surface area contributed by atoms with Gasteiger partial charge in [-0.25, -0.2) is 18.1 Å². The number of halogens is 1. The highest BCUT2D eigenvalue weighted by Crippen LogP contribution is 2.25. The summed E-state index contributed by atoms with van der Waals surface area (Å²) in [5.41, 5.74) is 1.70. The smallest absolute Gasteiger partial charge is 0.241 e. The molecule has 1 aromatic heterocycles. The van der Waals surface area contributed by atoms with Gasteiger partial charge in [0.2, 0.25) is 15.9 Å². The maximum Gasteiger partial charge on any atom is 0.241 e. The molecule has 0 aliphatic heterocycles. The van der Waals surface area contributed by atoms with E-state index in [9.17, 15) is 8.42 Å². The SMILES string of the molecule is CCOc1ccc(Oc2cc(CNS(=O)(=O)c3ccc(C)cc3Br)ccn2)cc1. The Hall–Kier alpha value is -2.42. The van der Waals surface area contributed by atoms with Crippen LogP contribution in [0.1, 0.15) is 18.1 Å². The molecule has 0 atom stereocenters. The highest BCUT2D eigenvalue weighted by atomic mass is 79.9. The van der Waals surface area contributed by atoms with Crippen molar-refractivity contribution in [3.63, 3.8) is 0 Å². The van der Waals surface area contributed by atoms with E-state index in [-0.39, 0.29) is 11.4 Å². The van der Waals surface area contributed by atoms with E-state index in [0.717, 1.165) is 16.9 Å². The molecule has 0 saturated carbocycles. The zero-order valence-electron chi connectivity index (χ0n) is 16.1. The minimum Gasteiger partial charge on any atom is -0.494 e. The molecule has 0 amide bonds. The number of nitrogens with one attached hydrogen (secondary N) is 1. The summed E-state index contributed by atoms with van der Waals surface area (Å²) in [5.74, 6) is 1.75. The van der Waals surface area contributed by atoms with E-state index in [4.69, 9.17) is 9.47 Å². The van der Waals surface area contributed by atoms with Gasteiger partial charge in [-0.1, -0.05) is 6.07 Å². The van der Waals surface area contributed by atoms with Crippen molar-refractivity contribution in [3.8, 4) is 17.4 Å². The molecule has 1 N–H and O–H groups in total. The lowest BCUT2D eigenvalue weighted by molar-refractivity contribution is 0.339. The fourth-order valence-electron chi connectivity index (χ4n) is 2.59. The highest BCUT2D eigenvalue weighted by molar-refractivity contribution is 9.10. The van der Waals surface area contributed by atoms with Crippen molar-refractivity contribution in [1.29, 1.82) is 0 Å². The number of ether oxygens (including phenoxy) is 2. The number of aryl methyl sites for hydroxylation is 1. The maximum atomic E-state index is 12.6. The third-order valence-electron chi connectivity index (χ3n) is 4.00. The van der Waals surface area contributed by atoms with Crippen LogP contribution in [0.25, 0.3) is 0 Å². The third kappa shape index (κ3) is 5.79. The summed E-state index contributed by atoms with van der Waals surface area (Å²) in [6.07, 6.45) is 1.58. The van der Waals surface area contributed by atoms with E-state index in [0.29, 0.717) is 22.7 Å². The lowest BCUT2D eigenvalue weighted by Crippen LogP contribution is -2.23. The summed E-state index contributed by atoms with van der Waals surface area (Å²) in [6.45, 7) is 4.53. The molecule has 2 aromatic carbocycles. The van der Waals surface area contributed by atoms with Crippen LogP contribution in [0.2, 0.25) is 0 Å². The average molecular weight is 477 g/mol. The van der Waals surface area contributed by atoms with Gasteiger partial charge in [0.1, 0.15) is 11.5 Å². The molecule has 0 unspecified atom stereocenters. The Balaban J connectivity index is 1.68. The topological polar surface area (TPSA) is 77.5 Å². The van der Waals surface area contributed by atoms with E-state index in [2.05, 4.69) is 25.6 Å². The highest BCUT2D eigenvalue weighted by Gasteiger charge is 2.17. The molecule has 0 radical (unpaired) electrons. The lowest BCUT2D eigenvalue weighted by Gasteiger charge is -2.10. The van der Waals surface area contributed by atoms with Gasteiger partial charge in [0.25, 0.3) is 0 Å². The molecule has 3 aromatic rings. The van der Waals surface area contributed by atoms with E-state index in [1.54, 1.807) is 48.7 Å². The maximum absolute atomic E-state index is 12.6. The third-order valence-corrected chi connectivity index (χ3v) is 6.38. The Morgan fingerprint density at radius 1 is 1.03 bits per heavy atom. The number of rotatable bonds is 8. The van der Waals surface area contributed by atoms with Gasteiger partial charge in [-0.15, -0.1) is 0 Å². The van der Waals surface area contributed by atoms with Crippen molar-refractivity contribution in [1.82, 2.24) is 9.71 Å². The molecule has 6 nitrogen and oxygen atoms in total. The molecule has 0 saturated heterocycles. The predicted octanol–water partition coefficient (Wildman–Crippen LogP) is 4.82. The van der Waals surface area contributed by atoms with E-state index >= 15 is 0 Å². The van der Waals surface area contributed by atoms with E-state index in [1.165, 1.54) is 0 Å². The van der Waals surface area contributed by atoms with Crippen LogP contribution in [0, 0.1) is 6.92 Å². The van der Waals surface area contributed by atoms with Crippen LogP contribution in [-0.2, 0) is 16.6 Å². The van der Waals surface area contributed by atoms with E-state index < -0.39 is 10.0 Å². The first-order valence-electron chi connectivity index (χ1n) is 8.99. The minimum absolute atomic E-state index is 0.116. The van der Waals surface area contributed by atoms with Gasteiger partial charge < -0.3 is 9.47 Å². The quantitative estimate of drug-likeness (QED) is 0.503. The second kappa shape index (κ2) is 9.39. The molecular weight excluding hydrogens is 456 g/mol. The van der Waals surface area contributed by atoms with Crippen LogP contribution >= 0.6 is 15.9 Å². The molecular formula is C21H21BrN2O4S. The summed E-state index contributed by atoms with van der Waals surface area (Å²) < 4.78 is 39.5. The minimum atomic E-state index is -3.66. The zero-order chi connectivity index (χ0) is 20.9. The zero-order valence-corrected chi connectivity index (χ0v) is 18.5. The normalized spacial score (nSPS) is 11.3. The van der Waals surface area contributed by atoms with Crippen molar-refractivity contribution in [2.24, 2.45) is 0 Å². The standard InChI is InChI=1S/C21H21BrN2O4S/c1-3-27-17-5-7-18(8-6-17)28-21-13-16(10-11-23-21)14-24-29(25,26)20-9-4-15(2)12-19(20)22/h4-13,24H,3,14H2,1-2H3. The number of hydrogen-bond donors (Lipinski definition) is 1. The summed E-state index contributed by atoms with van der Waals surface area (Å²) in [4.78, 5) is 4.38. The van der Waals surface area contributed by atoms with Crippen LogP contribution in [-0.4, -0.2) is 20.0 Å². The Kier molecular flexibility index (Phi) is 6.89. The first-order valence-corrected chi connectivity index (χ1v) is 11.3. The summed E-state index contributed by atoms with van der Waals surface area (Å²) in [5, 5.41) is 0. The van der Waals surface area contributed by atoms with Crippen molar-refractivity contribution >= 4 is 26.0 Å². The predicted molar refractivity (Wildman–Crippen MR) is 115 cm³/mol. The van der Waals surface area contributed by atoms with Crippen molar-refractivity contribution in [3.05, 3.63) is 76.4 Å². The Morgan fingerprint density at radius 2 is 1.76 bits per heavy atom. The van der Waals surface area contributed by atoms with Crippen molar-refractivity contribution in [2.75, 3.05) is 6.61 Å². The van der Waals surface area contributed by atoms with Gasteiger partial charge in [0, 0.05) is 23.3 Å². The molecule has 0 bridgehead atoms. The Morgan fingerprint density at radius 3 is 2.45 bits per heavy atom. The van der Waals surface area contributed by atoms with Gasteiger partial charge >= 0.3 is 0 Å². The van der Waals surface area contributed by atoms with Crippen LogP contribution in [0.3, 0.4) is 0 Å². The van der Waals surface area contributed by atoms with Crippen LogP contribution < -0.4 is 14.2 Å². The number of benzene rings is 2. The fraction of sp³-hybridized carbons (Fsp3) is 0.190. The van der Waals surface area contributed by atoms with Crippen LogP contribution in [0.5, 0.6) is 17.4 Å². The molecule has 0 fully saturated rings. The number of nitrogens with zero attached hydrogens (tertiary/aromatic N) is 1. The summed E-state index contributed by atoms with van der Waals surface area (Å²) in [7, 11) is -3.66. The number of sulfonamides is 1. The van der Waals surface area contributed by atoms with Gasteiger partial charge in [-0.3, -0.25) is 0 Å². The first kappa shape index (κ1) is 21.3. The first-order chi connectivity index (χ1) is 13.9. The average Bonchev–Trinajstić information content (AvgIpc) is 2.68. The van der Waals surface area contributed by atoms with Crippen molar-refractivity contribution < 1.29 is 17.9 Å². The monoisotopic (exact) mass is 476 g/mol. The van der Waals surface area contributed by atoms with Crippen molar-refractivity contribution in [2.45, 2.75) is 25.3 Å². The van der Waals surface area contributed by atoms with Crippen LogP contribution in [0.4, 0.5) is 0 Å². The number of aromatic nitrogens is 1. The van der Waals surface area contributed by atoms with Gasteiger partial charge in [0.15, 0.2) is 0 Å². The van der Waals surface area contributed by atoms with Gasteiger partial charge in [-0.05, 0) is 83.4 Å². The molecule has 0 aliphatic carbocycles. The molecule has 3 rings (SSSR count). The molecule has 29 heavy (non-hydrogen) atoms. The molecule has 152 valence electrons. The summed E-state index contributed by atoms with van der Waals surface area (Å²) >= 11 is 3.31. The Labute approximate surface area is 179 Å². The van der Waals surface area contributed by atoms with Crippen LogP contribution in [0.15, 0.2) is 70.2 Å². The van der Waals surface area contributed by atoms with Gasteiger partial charge in [0.05, 0.1) is 11.5 Å². The molecule has 0 spiro atoms. The molecule has 0 aliphatic rings. The molecule has 8 heteroatoms. The molecule has 1 heterocycles. The van der Waals surface area contributed by atoms with Gasteiger partial charge in [-0.2, -0.15) is 0 Å². The van der Waals surface area contributed by atoms with E-state index in [1.807, 2.05) is 26.0 Å². The largest absolute Gasteiger partial charge is 0.494 e. The lowest BCUT2D eigenvalue weighted by atomic mass is 10.2. The fourth-order valence-corrected chi connectivity index (χ4v) is 4.80. The Bertz CT molecular complexity index is 1090. The second-order valence-corrected chi connectivity index (χ2v) is 8.86. The summed E-state index contributed by atoms with van der Waals surface area (Å²) in [6, 6.07) is 15.7. The number of pyridine rings is 1.